The van der Waals surface area contributed by atoms with E-state index < -0.39 is 11.6 Å². The first-order valence-corrected chi connectivity index (χ1v) is 9.73. The summed E-state index contributed by atoms with van der Waals surface area (Å²) in [6.45, 7) is 8.15. The molecule has 3 rings (SSSR count). The first-order chi connectivity index (χ1) is 12.2. The average molecular weight is 466 g/mol. The first-order valence-electron chi connectivity index (χ1n) is 8.65. The lowest BCUT2D eigenvalue weighted by Crippen LogP contribution is -2.44. The number of carboxylic acid groups (broad SMARTS) is 1. The summed E-state index contributed by atoms with van der Waals surface area (Å²) in [6, 6.07) is 8.25. The van der Waals surface area contributed by atoms with Crippen molar-refractivity contribution in [1.29, 1.82) is 0 Å². The molecule has 2 aromatic carbocycles. The molecular formula is C21H23IO4. The highest BCUT2D eigenvalue weighted by Gasteiger charge is 2.40. The van der Waals surface area contributed by atoms with Crippen LogP contribution in [-0.4, -0.2) is 16.7 Å². The zero-order chi connectivity index (χ0) is 19.1. The van der Waals surface area contributed by atoms with Crippen molar-refractivity contribution in [2.24, 2.45) is 0 Å². The number of hydrogen-bond donors (Lipinski definition) is 1. The maximum absolute atomic E-state index is 11.6. The second-order valence-corrected chi connectivity index (χ2v) is 8.31. The Balaban J connectivity index is 1.94. The lowest BCUT2D eigenvalue weighted by molar-refractivity contribution is -0.155. The summed E-state index contributed by atoms with van der Waals surface area (Å²) < 4.78 is 13.3. The van der Waals surface area contributed by atoms with Gasteiger partial charge in [0.2, 0.25) is 5.60 Å². The number of benzene rings is 2. The lowest BCUT2D eigenvalue weighted by atomic mass is 9.87. The lowest BCUT2D eigenvalue weighted by Gasteiger charge is -2.35. The van der Waals surface area contributed by atoms with Gasteiger partial charge in [0.25, 0.3) is 0 Å². The van der Waals surface area contributed by atoms with Gasteiger partial charge >= 0.3 is 5.97 Å². The van der Waals surface area contributed by atoms with E-state index in [1.807, 2.05) is 26.8 Å². The minimum atomic E-state index is -1.17. The average Bonchev–Trinajstić information content (AvgIpc) is 2.59. The van der Waals surface area contributed by atoms with E-state index in [1.165, 1.54) is 3.57 Å². The second-order valence-electron chi connectivity index (χ2n) is 7.07. The van der Waals surface area contributed by atoms with Crippen molar-refractivity contribution >= 4 is 28.6 Å². The number of carboxylic acids is 1. The van der Waals surface area contributed by atoms with Gasteiger partial charge in [-0.1, -0.05) is 12.1 Å². The Labute approximate surface area is 167 Å². The first kappa shape index (κ1) is 19.0. The quantitative estimate of drug-likeness (QED) is 0.648. The standard InChI is InChI=1S/C21H23IO4/c1-12-13(2)19-17(8-9-21(4,26-19)20(23)24)14(3)18(12)25-11-15-6-5-7-16(22)10-15/h5-7,10H,8-9,11H2,1-4H3,(H,23,24). The number of rotatable bonds is 4. The number of hydrogen-bond acceptors (Lipinski definition) is 3. The highest BCUT2D eigenvalue weighted by molar-refractivity contribution is 14.1. The molecule has 138 valence electrons. The van der Waals surface area contributed by atoms with E-state index >= 15 is 0 Å². The fourth-order valence-corrected chi connectivity index (χ4v) is 3.99. The summed E-state index contributed by atoms with van der Waals surface area (Å²) in [5, 5.41) is 9.49. The number of ether oxygens (including phenoxy) is 2. The molecule has 0 amide bonds. The molecule has 1 N–H and O–H groups in total. The van der Waals surface area contributed by atoms with Crippen molar-refractivity contribution < 1.29 is 19.4 Å². The van der Waals surface area contributed by atoms with Crippen LogP contribution in [0.3, 0.4) is 0 Å². The molecule has 0 saturated heterocycles. The van der Waals surface area contributed by atoms with Crippen LogP contribution in [-0.2, 0) is 17.8 Å². The molecule has 0 radical (unpaired) electrons. The monoisotopic (exact) mass is 466 g/mol. The Morgan fingerprint density at radius 1 is 1.27 bits per heavy atom. The van der Waals surface area contributed by atoms with Crippen LogP contribution in [0.15, 0.2) is 24.3 Å². The summed E-state index contributed by atoms with van der Waals surface area (Å²) in [4.78, 5) is 11.6. The maximum Gasteiger partial charge on any atom is 0.347 e. The largest absolute Gasteiger partial charge is 0.488 e. The third kappa shape index (κ3) is 3.41. The maximum atomic E-state index is 11.6. The van der Waals surface area contributed by atoms with E-state index in [1.54, 1.807) is 6.92 Å². The highest BCUT2D eigenvalue weighted by atomic mass is 127. The Kier molecular flexibility index (Phi) is 5.19. The molecule has 4 nitrogen and oxygen atoms in total. The van der Waals surface area contributed by atoms with Crippen LogP contribution < -0.4 is 9.47 Å². The molecule has 26 heavy (non-hydrogen) atoms. The van der Waals surface area contributed by atoms with Crippen LogP contribution in [0.5, 0.6) is 11.5 Å². The number of aliphatic carboxylic acids is 1. The van der Waals surface area contributed by atoms with E-state index in [2.05, 4.69) is 40.8 Å². The second kappa shape index (κ2) is 7.10. The van der Waals surface area contributed by atoms with Gasteiger partial charge in [-0.15, -0.1) is 0 Å². The predicted molar refractivity (Wildman–Crippen MR) is 109 cm³/mol. The molecular weight excluding hydrogens is 443 g/mol. The van der Waals surface area contributed by atoms with Crippen LogP contribution in [0.2, 0.25) is 0 Å². The van der Waals surface area contributed by atoms with E-state index in [9.17, 15) is 9.90 Å². The molecule has 1 unspecified atom stereocenters. The summed E-state index contributed by atoms with van der Waals surface area (Å²) in [7, 11) is 0. The normalized spacial score (nSPS) is 18.8. The van der Waals surface area contributed by atoms with E-state index in [0.717, 1.165) is 33.6 Å². The fourth-order valence-electron chi connectivity index (χ4n) is 3.38. The minimum Gasteiger partial charge on any atom is -0.488 e. The summed E-state index contributed by atoms with van der Waals surface area (Å²) in [6.07, 6.45) is 1.12. The molecule has 0 bridgehead atoms. The molecule has 1 heterocycles. The molecule has 0 fully saturated rings. The molecule has 0 aromatic heterocycles. The van der Waals surface area contributed by atoms with Gasteiger partial charge in [-0.25, -0.2) is 4.79 Å². The molecule has 0 saturated carbocycles. The topological polar surface area (TPSA) is 55.8 Å². The minimum absolute atomic E-state index is 0.453. The summed E-state index contributed by atoms with van der Waals surface area (Å²) >= 11 is 2.30. The fraction of sp³-hybridized carbons (Fsp3) is 0.381. The van der Waals surface area contributed by atoms with Crippen LogP contribution in [0.25, 0.3) is 0 Å². The van der Waals surface area contributed by atoms with Crippen LogP contribution in [0, 0.1) is 24.3 Å². The Hall–Kier alpha value is -1.76. The van der Waals surface area contributed by atoms with Gasteiger partial charge in [0.15, 0.2) is 0 Å². The molecule has 1 aliphatic rings. The zero-order valence-electron chi connectivity index (χ0n) is 15.5. The van der Waals surface area contributed by atoms with Gasteiger partial charge in [0.05, 0.1) is 0 Å². The number of carbonyl (C=O) groups is 1. The molecule has 1 atom stereocenters. The van der Waals surface area contributed by atoms with Crippen molar-refractivity contribution in [2.75, 3.05) is 0 Å². The van der Waals surface area contributed by atoms with Gasteiger partial charge in [0, 0.05) is 15.6 Å². The van der Waals surface area contributed by atoms with Gasteiger partial charge in [-0.05, 0) is 91.1 Å². The van der Waals surface area contributed by atoms with Crippen molar-refractivity contribution in [3.63, 3.8) is 0 Å². The van der Waals surface area contributed by atoms with Crippen LogP contribution in [0.4, 0.5) is 0 Å². The van der Waals surface area contributed by atoms with E-state index in [-0.39, 0.29) is 0 Å². The van der Waals surface area contributed by atoms with E-state index in [0.29, 0.717) is 25.2 Å². The molecule has 5 heteroatoms. The van der Waals surface area contributed by atoms with Crippen LogP contribution in [0.1, 0.15) is 41.2 Å². The molecule has 0 spiro atoms. The molecule has 0 aliphatic carbocycles. The van der Waals surface area contributed by atoms with Crippen molar-refractivity contribution in [3.8, 4) is 11.5 Å². The third-order valence-corrected chi connectivity index (χ3v) is 5.89. The third-order valence-electron chi connectivity index (χ3n) is 5.22. The van der Waals surface area contributed by atoms with Gasteiger partial charge < -0.3 is 14.6 Å². The summed E-state index contributed by atoms with van der Waals surface area (Å²) in [5.41, 5.74) is 4.02. The van der Waals surface area contributed by atoms with Crippen LogP contribution >= 0.6 is 22.6 Å². The van der Waals surface area contributed by atoms with Crippen molar-refractivity contribution in [2.45, 2.75) is 52.7 Å². The number of fused-ring (bicyclic) bond motifs is 1. The van der Waals surface area contributed by atoms with Gasteiger partial charge in [-0.3, -0.25) is 0 Å². The smallest absolute Gasteiger partial charge is 0.347 e. The summed E-state index contributed by atoms with van der Waals surface area (Å²) in [5.74, 6) is 0.664. The Morgan fingerprint density at radius 2 is 2.00 bits per heavy atom. The predicted octanol–water partition coefficient (Wildman–Crippen LogP) is 4.96. The van der Waals surface area contributed by atoms with E-state index in [4.69, 9.17) is 9.47 Å². The molecule has 1 aliphatic heterocycles. The van der Waals surface area contributed by atoms with Gasteiger partial charge in [-0.2, -0.15) is 0 Å². The highest BCUT2D eigenvalue weighted by Crippen LogP contribution is 2.44. The van der Waals surface area contributed by atoms with Crippen molar-refractivity contribution in [3.05, 3.63) is 55.7 Å². The Morgan fingerprint density at radius 3 is 2.65 bits per heavy atom. The molecule has 2 aromatic rings. The van der Waals surface area contributed by atoms with Crippen molar-refractivity contribution in [1.82, 2.24) is 0 Å². The number of halogens is 1. The van der Waals surface area contributed by atoms with Gasteiger partial charge in [0.1, 0.15) is 18.1 Å². The SMILES string of the molecule is Cc1c(C)c2c(c(C)c1OCc1cccc(I)c1)CCC(C)(C(=O)O)O2. The Bertz CT molecular complexity index is 875. The zero-order valence-corrected chi connectivity index (χ0v) is 17.6.